The molecule has 20 heavy (non-hydrogen) atoms. The largest absolute Gasteiger partial charge is 0.350 e. The first-order valence-corrected chi connectivity index (χ1v) is 8.56. The van der Waals surface area contributed by atoms with Gasteiger partial charge in [0, 0.05) is 0 Å². The van der Waals surface area contributed by atoms with E-state index in [1.54, 1.807) is 13.8 Å². The van der Waals surface area contributed by atoms with Crippen LogP contribution in [0.4, 0.5) is 0 Å². The molecule has 2 N–H and O–H groups in total. The van der Waals surface area contributed by atoms with Crippen molar-refractivity contribution in [2.45, 2.75) is 45.6 Å². The summed E-state index contributed by atoms with van der Waals surface area (Å²) in [5.41, 5.74) is -0.967. The minimum Gasteiger partial charge on any atom is -0.350 e. The van der Waals surface area contributed by atoms with Crippen molar-refractivity contribution in [1.82, 2.24) is 5.32 Å². The van der Waals surface area contributed by atoms with Gasteiger partial charge in [-0.1, -0.05) is 13.3 Å². The summed E-state index contributed by atoms with van der Waals surface area (Å²) in [5, 5.41) is 2.65. The number of carbonyl (C=O) groups is 1. The van der Waals surface area contributed by atoms with Gasteiger partial charge in [-0.05, 0) is 20.3 Å². The summed E-state index contributed by atoms with van der Waals surface area (Å²) in [5.74, 6) is -0.679. The van der Waals surface area contributed by atoms with E-state index in [1.165, 1.54) is 0 Å². The van der Waals surface area contributed by atoms with Crippen molar-refractivity contribution >= 4 is 16.0 Å². The molecule has 0 aliphatic heterocycles. The number of amides is 1. The van der Waals surface area contributed by atoms with Crippen molar-refractivity contribution in [2.24, 2.45) is 0 Å². The monoisotopic (exact) mass is 309 g/mol. The van der Waals surface area contributed by atoms with E-state index in [4.69, 9.17) is 4.55 Å². The van der Waals surface area contributed by atoms with Gasteiger partial charge in [0.1, 0.15) is 0 Å². The Hall–Kier alpha value is -0.660. The molecule has 0 saturated carbocycles. The second kappa shape index (κ2) is 7.38. The highest BCUT2D eigenvalue weighted by atomic mass is 32.2. The molecular weight excluding hydrogens is 280 g/mol. The number of hydrogen-bond donors (Lipinski definition) is 2. The zero-order valence-corrected chi connectivity index (χ0v) is 14.1. The summed E-state index contributed by atoms with van der Waals surface area (Å²) in [7, 11) is 0.0499. The molecule has 0 rings (SSSR count). The summed E-state index contributed by atoms with van der Waals surface area (Å²) < 4.78 is 31.3. The molecular formula is C13H29N2O4S+. The van der Waals surface area contributed by atoms with Crippen LogP contribution in [0.25, 0.3) is 0 Å². The van der Waals surface area contributed by atoms with E-state index in [-0.39, 0.29) is 5.91 Å². The van der Waals surface area contributed by atoms with Gasteiger partial charge in [-0.25, -0.2) is 0 Å². The molecule has 0 saturated heterocycles. The lowest BCUT2D eigenvalue weighted by atomic mass is 10.1. The first kappa shape index (κ1) is 19.3. The molecule has 0 radical (unpaired) electrons. The fraction of sp³-hybridized carbons (Fsp3) is 0.923. The Bertz CT molecular complexity index is 416. The molecule has 0 unspecified atom stereocenters. The topological polar surface area (TPSA) is 83.5 Å². The van der Waals surface area contributed by atoms with Gasteiger partial charge in [0.25, 0.3) is 10.1 Å². The minimum atomic E-state index is -4.10. The molecule has 6 nitrogen and oxygen atoms in total. The lowest BCUT2D eigenvalue weighted by Crippen LogP contribution is -2.50. The Labute approximate surface area is 122 Å². The second-order valence-electron chi connectivity index (χ2n) is 6.64. The third-order valence-electron chi connectivity index (χ3n) is 3.08. The van der Waals surface area contributed by atoms with Crippen molar-refractivity contribution in [3.8, 4) is 0 Å². The zero-order valence-electron chi connectivity index (χ0n) is 13.3. The number of rotatable bonds is 9. The maximum Gasteiger partial charge on any atom is 0.267 e. The molecule has 1 amide bonds. The smallest absolute Gasteiger partial charge is 0.267 e. The lowest BCUT2D eigenvalue weighted by Gasteiger charge is -2.30. The van der Waals surface area contributed by atoms with Crippen LogP contribution in [0.5, 0.6) is 0 Å². The Morgan fingerprint density at radius 1 is 1.25 bits per heavy atom. The van der Waals surface area contributed by atoms with Gasteiger partial charge in [-0.2, -0.15) is 8.42 Å². The van der Waals surface area contributed by atoms with Gasteiger partial charge in [0.2, 0.25) is 5.91 Å². The normalized spacial score (nSPS) is 13.3. The zero-order chi connectivity index (χ0) is 16.0. The van der Waals surface area contributed by atoms with E-state index in [0.29, 0.717) is 13.0 Å². The summed E-state index contributed by atoms with van der Waals surface area (Å²) in [6.45, 7) is 7.00. The number of nitrogens with one attached hydrogen (secondary N) is 1. The number of nitrogens with zero attached hydrogens (tertiary/aromatic N) is 1. The quantitative estimate of drug-likeness (QED) is 0.492. The molecule has 0 aliphatic rings. The molecule has 0 aromatic carbocycles. The highest BCUT2D eigenvalue weighted by Gasteiger charge is 2.27. The minimum absolute atomic E-state index is 0.193. The van der Waals surface area contributed by atoms with Crippen LogP contribution >= 0.6 is 0 Å². The van der Waals surface area contributed by atoms with E-state index < -0.39 is 21.4 Å². The van der Waals surface area contributed by atoms with Crippen LogP contribution in [-0.2, 0) is 14.9 Å². The van der Waals surface area contributed by atoms with E-state index in [0.717, 1.165) is 23.9 Å². The number of carbonyl (C=O) groups excluding carboxylic acids is 1. The van der Waals surface area contributed by atoms with Gasteiger partial charge in [0.05, 0.1) is 44.9 Å². The Morgan fingerprint density at radius 2 is 1.80 bits per heavy atom. The summed E-state index contributed by atoms with van der Waals surface area (Å²) in [6, 6.07) is 0. The van der Waals surface area contributed by atoms with Crippen LogP contribution in [0, 0.1) is 0 Å². The fourth-order valence-corrected chi connectivity index (χ4v) is 3.02. The van der Waals surface area contributed by atoms with Crippen molar-refractivity contribution in [3.05, 3.63) is 0 Å². The summed E-state index contributed by atoms with van der Waals surface area (Å²) in [4.78, 5) is 11.9. The van der Waals surface area contributed by atoms with Crippen molar-refractivity contribution < 1.29 is 22.2 Å². The standard InChI is InChI=1S/C13H28N2O4S/c1-6-7-9-15(4,5)10-8-12(16)14-13(2,3)11-20(17,18)19/h6-11H2,1-5H3,(H-,14,16,17,18,19)/p+1. The van der Waals surface area contributed by atoms with Crippen LogP contribution in [0.3, 0.4) is 0 Å². The van der Waals surface area contributed by atoms with Gasteiger partial charge < -0.3 is 9.80 Å². The predicted octanol–water partition coefficient (Wildman–Crippen LogP) is 1.04. The SMILES string of the molecule is CCCC[N+](C)(C)CCC(=O)NC(C)(C)CS(=O)(=O)O. The molecule has 0 aromatic heterocycles. The third-order valence-corrected chi connectivity index (χ3v) is 4.17. The fourth-order valence-electron chi connectivity index (χ4n) is 2.03. The van der Waals surface area contributed by atoms with E-state index in [1.807, 2.05) is 0 Å². The van der Waals surface area contributed by atoms with E-state index in [9.17, 15) is 13.2 Å². The summed E-state index contributed by atoms with van der Waals surface area (Å²) >= 11 is 0. The second-order valence-corrected chi connectivity index (χ2v) is 8.10. The average molecular weight is 309 g/mol. The average Bonchev–Trinajstić information content (AvgIpc) is 2.19. The molecule has 120 valence electrons. The van der Waals surface area contributed by atoms with Gasteiger partial charge >= 0.3 is 0 Å². The van der Waals surface area contributed by atoms with E-state index >= 15 is 0 Å². The molecule has 0 atom stereocenters. The van der Waals surface area contributed by atoms with Crippen LogP contribution in [0.15, 0.2) is 0 Å². The van der Waals surface area contributed by atoms with Crippen LogP contribution in [0.2, 0.25) is 0 Å². The van der Waals surface area contributed by atoms with E-state index in [2.05, 4.69) is 26.3 Å². The highest BCUT2D eigenvalue weighted by Crippen LogP contribution is 2.08. The van der Waals surface area contributed by atoms with Crippen LogP contribution < -0.4 is 5.32 Å². The third kappa shape index (κ3) is 10.2. The number of unbranched alkanes of at least 4 members (excludes halogenated alkanes) is 1. The number of hydrogen-bond acceptors (Lipinski definition) is 3. The highest BCUT2D eigenvalue weighted by molar-refractivity contribution is 7.85. The summed E-state index contributed by atoms with van der Waals surface area (Å²) in [6.07, 6.45) is 2.57. The van der Waals surface area contributed by atoms with Crippen molar-refractivity contribution in [2.75, 3.05) is 32.9 Å². The first-order chi connectivity index (χ1) is 8.87. The number of quaternary nitrogens is 1. The van der Waals surface area contributed by atoms with Crippen LogP contribution in [-0.4, -0.2) is 61.8 Å². The molecule has 0 heterocycles. The van der Waals surface area contributed by atoms with Crippen LogP contribution in [0.1, 0.15) is 40.0 Å². The molecule has 0 spiro atoms. The molecule has 0 aromatic rings. The lowest BCUT2D eigenvalue weighted by molar-refractivity contribution is -0.889. The Balaban J connectivity index is 4.29. The van der Waals surface area contributed by atoms with Crippen molar-refractivity contribution in [1.29, 1.82) is 0 Å². The van der Waals surface area contributed by atoms with Gasteiger partial charge in [0.15, 0.2) is 0 Å². The molecule has 0 aliphatic carbocycles. The van der Waals surface area contributed by atoms with Gasteiger partial charge in [-0.3, -0.25) is 9.35 Å². The molecule has 7 heteroatoms. The Kier molecular flexibility index (Phi) is 7.13. The van der Waals surface area contributed by atoms with Crippen molar-refractivity contribution in [3.63, 3.8) is 0 Å². The Morgan fingerprint density at radius 3 is 2.25 bits per heavy atom. The van der Waals surface area contributed by atoms with Gasteiger partial charge in [-0.15, -0.1) is 0 Å². The molecule has 0 fully saturated rings. The maximum absolute atomic E-state index is 11.9. The molecule has 0 bridgehead atoms. The first-order valence-electron chi connectivity index (χ1n) is 6.95. The maximum atomic E-state index is 11.9. The predicted molar refractivity (Wildman–Crippen MR) is 80.0 cm³/mol.